The average molecular weight is 310 g/mol. The molecule has 0 saturated heterocycles. The first-order chi connectivity index (χ1) is 11.0. The van der Waals surface area contributed by atoms with E-state index >= 15 is 0 Å². The van der Waals surface area contributed by atoms with Crippen LogP contribution in [0.1, 0.15) is 24.0 Å². The number of imidazole rings is 1. The molecule has 2 aromatic heterocycles. The van der Waals surface area contributed by atoms with Crippen LogP contribution in [0.2, 0.25) is 0 Å². The molecule has 2 heterocycles. The topological polar surface area (TPSA) is 53.7 Å². The number of para-hydroxylation sites is 1. The van der Waals surface area contributed by atoms with E-state index in [0.29, 0.717) is 13.1 Å². The number of aromatic nitrogens is 3. The first-order valence-corrected chi connectivity index (χ1v) is 7.83. The van der Waals surface area contributed by atoms with E-state index in [9.17, 15) is 5.11 Å². The molecule has 0 spiro atoms. The molecule has 1 N–H and O–H groups in total. The molecule has 5 nitrogen and oxygen atoms in total. The molecule has 1 atom stereocenters. The maximum atomic E-state index is 9.80. The third-order valence-electron chi connectivity index (χ3n) is 3.77. The number of anilines is 1. The Morgan fingerprint density at radius 3 is 2.61 bits per heavy atom. The van der Waals surface area contributed by atoms with Crippen molar-refractivity contribution in [2.24, 2.45) is 0 Å². The van der Waals surface area contributed by atoms with E-state index < -0.39 is 6.10 Å². The standard InChI is InChI=1S/C18H22N4O/c1-13-9-14(2)22-12-16(20-18(22)19-13)11-21(10-15(3)23)17-7-5-4-6-8-17/h4-9,12,15,23H,10-11H2,1-3H3/t15-/m1/s1. The molecule has 0 aliphatic heterocycles. The third-order valence-corrected chi connectivity index (χ3v) is 3.77. The first-order valence-electron chi connectivity index (χ1n) is 7.83. The number of aryl methyl sites for hydroxylation is 2. The number of fused-ring (bicyclic) bond motifs is 1. The van der Waals surface area contributed by atoms with Gasteiger partial charge in [-0.25, -0.2) is 9.97 Å². The van der Waals surface area contributed by atoms with Gasteiger partial charge in [-0.15, -0.1) is 0 Å². The van der Waals surface area contributed by atoms with Crippen molar-refractivity contribution in [3.63, 3.8) is 0 Å². The normalized spacial score (nSPS) is 12.5. The second kappa shape index (κ2) is 6.38. The molecule has 23 heavy (non-hydrogen) atoms. The van der Waals surface area contributed by atoms with Gasteiger partial charge in [-0.3, -0.25) is 4.40 Å². The van der Waals surface area contributed by atoms with Crippen LogP contribution in [0.15, 0.2) is 42.6 Å². The molecule has 3 rings (SSSR count). The van der Waals surface area contributed by atoms with Gasteiger partial charge in [0, 0.05) is 29.8 Å². The molecular weight excluding hydrogens is 288 g/mol. The highest BCUT2D eigenvalue weighted by molar-refractivity contribution is 5.47. The molecule has 5 heteroatoms. The van der Waals surface area contributed by atoms with E-state index in [0.717, 1.165) is 28.5 Å². The summed E-state index contributed by atoms with van der Waals surface area (Å²) in [5.41, 5.74) is 4.10. The van der Waals surface area contributed by atoms with Crippen LogP contribution < -0.4 is 4.90 Å². The maximum Gasteiger partial charge on any atom is 0.234 e. The monoisotopic (exact) mass is 310 g/mol. The molecule has 120 valence electrons. The number of aliphatic hydroxyl groups excluding tert-OH is 1. The van der Waals surface area contributed by atoms with Gasteiger partial charge in [0.15, 0.2) is 0 Å². The van der Waals surface area contributed by atoms with E-state index in [1.165, 1.54) is 0 Å². The minimum atomic E-state index is -0.408. The zero-order chi connectivity index (χ0) is 16.4. The van der Waals surface area contributed by atoms with Crippen LogP contribution >= 0.6 is 0 Å². The molecule has 0 fully saturated rings. The number of nitrogens with zero attached hydrogens (tertiary/aromatic N) is 4. The molecule has 0 amide bonds. The summed E-state index contributed by atoms with van der Waals surface area (Å²) in [5.74, 6) is 0.725. The van der Waals surface area contributed by atoms with E-state index in [1.807, 2.05) is 53.9 Å². The van der Waals surface area contributed by atoms with Gasteiger partial charge in [0.2, 0.25) is 5.78 Å². The zero-order valence-electron chi connectivity index (χ0n) is 13.8. The van der Waals surface area contributed by atoms with Crippen molar-refractivity contribution in [1.29, 1.82) is 0 Å². The van der Waals surface area contributed by atoms with Crippen molar-refractivity contribution in [1.82, 2.24) is 14.4 Å². The molecule has 0 saturated carbocycles. The van der Waals surface area contributed by atoms with Crippen LogP contribution in [0.4, 0.5) is 5.69 Å². The van der Waals surface area contributed by atoms with E-state index in [4.69, 9.17) is 0 Å². The number of rotatable bonds is 5. The summed E-state index contributed by atoms with van der Waals surface area (Å²) in [5, 5.41) is 9.80. The minimum Gasteiger partial charge on any atom is -0.392 e. The van der Waals surface area contributed by atoms with Crippen LogP contribution in [0.25, 0.3) is 5.78 Å². The molecule has 0 bridgehead atoms. The fraction of sp³-hybridized carbons (Fsp3) is 0.333. The summed E-state index contributed by atoms with van der Waals surface area (Å²) in [7, 11) is 0. The first kappa shape index (κ1) is 15.5. The van der Waals surface area contributed by atoms with Crippen molar-refractivity contribution in [2.45, 2.75) is 33.4 Å². The van der Waals surface area contributed by atoms with Crippen molar-refractivity contribution in [3.8, 4) is 0 Å². The fourth-order valence-electron chi connectivity index (χ4n) is 2.81. The van der Waals surface area contributed by atoms with Crippen LogP contribution in [-0.2, 0) is 6.54 Å². The van der Waals surface area contributed by atoms with Crippen molar-refractivity contribution in [2.75, 3.05) is 11.4 Å². The average Bonchev–Trinajstić information content (AvgIpc) is 2.90. The lowest BCUT2D eigenvalue weighted by Crippen LogP contribution is -2.30. The smallest absolute Gasteiger partial charge is 0.234 e. The Balaban J connectivity index is 1.92. The number of aliphatic hydroxyl groups is 1. The quantitative estimate of drug-likeness (QED) is 0.787. The van der Waals surface area contributed by atoms with Crippen molar-refractivity contribution < 1.29 is 5.11 Å². The Morgan fingerprint density at radius 2 is 1.91 bits per heavy atom. The van der Waals surface area contributed by atoms with Gasteiger partial charge in [-0.2, -0.15) is 0 Å². The molecule has 0 radical (unpaired) electrons. The second-order valence-corrected chi connectivity index (χ2v) is 6.01. The van der Waals surface area contributed by atoms with Gasteiger partial charge in [0.1, 0.15) is 0 Å². The highest BCUT2D eigenvalue weighted by atomic mass is 16.3. The Morgan fingerprint density at radius 1 is 1.17 bits per heavy atom. The van der Waals surface area contributed by atoms with E-state index in [-0.39, 0.29) is 0 Å². The predicted molar refractivity (Wildman–Crippen MR) is 91.6 cm³/mol. The highest BCUT2D eigenvalue weighted by Gasteiger charge is 2.13. The predicted octanol–water partition coefficient (Wildman–Crippen LogP) is 2.73. The lowest BCUT2D eigenvalue weighted by atomic mass is 10.2. The molecule has 0 aliphatic rings. The van der Waals surface area contributed by atoms with E-state index in [1.54, 1.807) is 6.92 Å². The second-order valence-electron chi connectivity index (χ2n) is 6.01. The Labute approximate surface area is 136 Å². The van der Waals surface area contributed by atoms with Gasteiger partial charge in [-0.05, 0) is 39.0 Å². The number of benzene rings is 1. The minimum absolute atomic E-state index is 0.408. The summed E-state index contributed by atoms with van der Waals surface area (Å²) in [4.78, 5) is 11.3. The van der Waals surface area contributed by atoms with Gasteiger partial charge in [0.25, 0.3) is 0 Å². The van der Waals surface area contributed by atoms with Crippen LogP contribution in [0.3, 0.4) is 0 Å². The Kier molecular flexibility index (Phi) is 4.30. The maximum absolute atomic E-state index is 9.80. The van der Waals surface area contributed by atoms with Crippen LogP contribution in [0.5, 0.6) is 0 Å². The zero-order valence-corrected chi connectivity index (χ0v) is 13.8. The molecule has 0 aliphatic carbocycles. The van der Waals surface area contributed by atoms with Crippen LogP contribution in [-0.4, -0.2) is 32.1 Å². The lowest BCUT2D eigenvalue weighted by molar-refractivity contribution is 0.199. The molecule has 0 unspecified atom stereocenters. The van der Waals surface area contributed by atoms with Gasteiger partial charge >= 0.3 is 0 Å². The Bertz CT molecular complexity index is 795. The summed E-state index contributed by atoms with van der Waals surface area (Å²) in [6, 6.07) is 12.1. The SMILES string of the molecule is Cc1cc(C)n2cc(CN(C[C@@H](C)O)c3ccccc3)nc2n1. The highest BCUT2D eigenvalue weighted by Crippen LogP contribution is 2.18. The number of hydrogen-bond acceptors (Lipinski definition) is 4. The summed E-state index contributed by atoms with van der Waals surface area (Å²) < 4.78 is 2.01. The largest absolute Gasteiger partial charge is 0.392 e. The van der Waals surface area contributed by atoms with Crippen molar-refractivity contribution in [3.05, 3.63) is 59.7 Å². The van der Waals surface area contributed by atoms with Gasteiger partial charge in [-0.1, -0.05) is 18.2 Å². The van der Waals surface area contributed by atoms with Crippen molar-refractivity contribution >= 4 is 11.5 Å². The molecular formula is C18H22N4O. The third kappa shape index (κ3) is 3.51. The fourth-order valence-corrected chi connectivity index (χ4v) is 2.81. The van der Waals surface area contributed by atoms with Gasteiger partial charge < -0.3 is 10.0 Å². The number of hydrogen-bond donors (Lipinski definition) is 1. The van der Waals surface area contributed by atoms with Crippen LogP contribution in [0, 0.1) is 13.8 Å². The Hall–Kier alpha value is -2.40. The molecule has 3 aromatic rings. The van der Waals surface area contributed by atoms with E-state index in [2.05, 4.69) is 21.8 Å². The van der Waals surface area contributed by atoms with Gasteiger partial charge in [0.05, 0.1) is 18.3 Å². The summed E-state index contributed by atoms with van der Waals surface area (Å²) in [6.45, 7) is 7.03. The summed E-state index contributed by atoms with van der Waals surface area (Å²) in [6.07, 6.45) is 1.61. The summed E-state index contributed by atoms with van der Waals surface area (Å²) >= 11 is 0. The molecule has 1 aromatic carbocycles. The lowest BCUT2D eigenvalue weighted by Gasteiger charge is -2.25.